The minimum absolute atomic E-state index is 0.340. The molecule has 6 nitrogen and oxygen atoms in total. The Balaban J connectivity index is 1.98. The highest BCUT2D eigenvalue weighted by Crippen LogP contribution is 2.29. The maximum Gasteiger partial charge on any atom is 0.329 e. The molecule has 2 N–H and O–H groups in total. The van der Waals surface area contributed by atoms with Crippen LogP contribution in [0.4, 0.5) is 4.79 Å². The van der Waals surface area contributed by atoms with Crippen LogP contribution < -0.4 is 5.32 Å². The Morgan fingerprint density at radius 1 is 1.50 bits per heavy atom. The number of hydrogen-bond acceptors (Lipinski definition) is 3. The van der Waals surface area contributed by atoms with E-state index in [1.54, 1.807) is 13.1 Å². The third-order valence-corrected chi connectivity index (χ3v) is 3.76. The van der Waals surface area contributed by atoms with E-state index in [2.05, 4.69) is 10.3 Å². The van der Waals surface area contributed by atoms with Gasteiger partial charge in [0, 0.05) is 25.0 Å². The highest BCUT2D eigenvalue weighted by atomic mass is 16.4. The molecule has 0 spiro atoms. The van der Waals surface area contributed by atoms with Crippen LogP contribution in [-0.2, 0) is 11.3 Å². The molecule has 0 aromatic carbocycles. The van der Waals surface area contributed by atoms with E-state index in [9.17, 15) is 14.7 Å². The molecule has 1 aliphatic heterocycles. The highest BCUT2D eigenvalue weighted by Gasteiger charge is 2.45. The standard InChI is InChI=1S/C14H19N3O3/c1-10-4-5-11(8-15-10)9-16-13(20)17-7-3-6-14(17,2)12(18)19/h4-5,8H,3,6-7,9H2,1-2H3,(H,16,20)(H,18,19). The van der Waals surface area contributed by atoms with Crippen molar-refractivity contribution in [1.82, 2.24) is 15.2 Å². The number of carbonyl (C=O) groups excluding carboxylic acids is 1. The summed E-state index contributed by atoms with van der Waals surface area (Å²) in [5.41, 5.74) is 0.702. The first-order chi connectivity index (χ1) is 9.43. The maximum absolute atomic E-state index is 12.1. The lowest BCUT2D eigenvalue weighted by Gasteiger charge is -2.31. The van der Waals surface area contributed by atoms with Gasteiger partial charge in [-0.25, -0.2) is 9.59 Å². The van der Waals surface area contributed by atoms with Gasteiger partial charge in [0.05, 0.1) is 0 Å². The van der Waals surface area contributed by atoms with Gasteiger partial charge in [0.1, 0.15) is 5.54 Å². The van der Waals surface area contributed by atoms with Crippen molar-refractivity contribution in [2.75, 3.05) is 6.54 Å². The van der Waals surface area contributed by atoms with E-state index in [1.165, 1.54) is 4.90 Å². The van der Waals surface area contributed by atoms with Crippen molar-refractivity contribution in [3.63, 3.8) is 0 Å². The zero-order chi connectivity index (χ0) is 14.8. The minimum atomic E-state index is -1.10. The van der Waals surface area contributed by atoms with E-state index < -0.39 is 11.5 Å². The normalized spacial score (nSPS) is 21.8. The van der Waals surface area contributed by atoms with Crippen molar-refractivity contribution in [3.05, 3.63) is 29.6 Å². The Kier molecular flexibility index (Phi) is 3.92. The van der Waals surface area contributed by atoms with Gasteiger partial charge in [-0.1, -0.05) is 6.07 Å². The first kappa shape index (κ1) is 14.3. The number of rotatable bonds is 3. The summed E-state index contributed by atoms with van der Waals surface area (Å²) in [6.07, 6.45) is 2.90. The van der Waals surface area contributed by atoms with E-state index >= 15 is 0 Å². The molecule has 1 atom stereocenters. The summed E-state index contributed by atoms with van der Waals surface area (Å²) in [5, 5.41) is 12.0. The van der Waals surface area contributed by atoms with Crippen molar-refractivity contribution in [2.45, 2.75) is 38.8 Å². The van der Waals surface area contributed by atoms with Crippen LogP contribution in [0.3, 0.4) is 0 Å². The molecule has 1 fully saturated rings. The van der Waals surface area contributed by atoms with E-state index in [1.807, 2.05) is 19.1 Å². The van der Waals surface area contributed by atoms with Crippen LogP contribution >= 0.6 is 0 Å². The molecular formula is C14H19N3O3. The van der Waals surface area contributed by atoms with Crippen molar-refractivity contribution in [2.24, 2.45) is 0 Å². The second-order valence-corrected chi connectivity index (χ2v) is 5.30. The van der Waals surface area contributed by atoms with Crippen LogP contribution in [0.25, 0.3) is 0 Å². The molecule has 1 aromatic rings. The lowest BCUT2D eigenvalue weighted by molar-refractivity contribution is -0.147. The molecule has 6 heteroatoms. The Hall–Kier alpha value is -2.11. The monoisotopic (exact) mass is 277 g/mol. The Morgan fingerprint density at radius 3 is 2.85 bits per heavy atom. The predicted octanol–water partition coefficient (Wildman–Crippen LogP) is 1.54. The molecule has 0 aliphatic carbocycles. The number of pyridine rings is 1. The molecule has 2 heterocycles. The average Bonchev–Trinajstić information content (AvgIpc) is 2.81. The number of hydrogen-bond donors (Lipinski definition) is 2. The third-order valence-electron chi connectivity index (χ3n) is 3.76. The first-order valence-electron chi connectivity index (χ1n) is 6.64. The van der Waals surface area contributed by atoms with Crippen molar-refractivity contribution < 1.29 is 14.7 Å². The summed E-state index contributed by atoms with van der Waals surface area (Å²) < 4.78 is 0. The fourth-order valence-corrected chi connectivity index (χ4v) is 2.39. The molecule has 1 aliphatic rings. The summed E-state index contributed by atoms with van der Waals surface area (Å²) in [6, 6.07) is 3.43. The number of carboxylic acid groups (broad SMARTS) is 1. The second kappa shape index (κ2) is 5.48. The fourth-order valence-electron chi connectivity index (χ4n) is 2.39. The molecular weight excluding hydrogens is 258 g/mol. The molecule has 1 aromatic heterocycles. The van der Waals surface area contributed by atoms with E-state index in [0.717, 1.165) is 11.3 Å². The van der Waals surface area contributed by atoms with Gasteiger partial charge < -0.3 is 15.3 Å². The molecule has 1 saturated heterocycles. The number of urea groups is 1. The minimum Gasteiger partial charge on any atom is -0.480 e. The van der Waals surface area contributed by atoms with Gasteiger partial charge in [-0.15, -0.1) is 0 Å². The Labute approximate surface area is 117 Å². The molecule has 108 valence electrons. The van der Waals surface area contributed by atoms with Crippen molar-refractivity contribution in [3.8, 4) is 0 Å². The fraction of sp³-hybridized carbons (Fsp3) is 0.500. The second-order valence-electron chi connectivity index (χ2n) is 5.30. The van der Waals surface area contributed by atoms with E-state index in [0.29, 0.717) is 25.9 Å². The number of aryl methyl sites for hydroxylation is 1. The smallest absolute Gasteiger partial charge is 0.329 e. The quantitative estimate of drug-likeness (QED) is 0.878. The number of aromatic nitrogens is 1. The van der Waals surface area contributed by atoms with E-state index in [4.69, 9.17) is 0 Å². The molecule has 0 saturated carbocycles. The molecule has 20 heavy (non-hydrogen) atoms. The lowest BCUT2D eigenvalue weighted by atomic mass is 10.00. The molecule has 2 rings (SSSR count). The number of nitrogens with one attached hydrogen (secondary N) is 1. The molecule has 1 unspecified atom stereocenters. The Morgan fingerprint density at radius 2 is 2.25 bits per heavy atom. The van der Waals surface area contributed by atoms with Gasteiger partial charge in [0.2, 0.25) is 0 Å². The van der Waals surface area contributed by atoms with Crippen LogP contribution in [0.2, 0.25) is 0 Å². The van der Waals surface area contributed by atoms with Gasteiger partial charge in [0.25, 0.3) is 0 Å². The van der Waals surface area contributed by atoms with Gasteiger partial charge in [-0.05, 0) is 38.3 Å². The SMILES string of the molecule is Cc1ccc(CNC(=O)N2CCCC2(C)C(=O)O)cn1. The van der Waals surface area contributed by atoms with Gasteiger partial charge in [0.15, 0.2) is 0 Å². The molecule has 2 amide bonds. The number of likely N-dealkylation sites (tertiary alicyclic amines) is 1. The van der Waals surface area contributed by atoms with Gasteiger partial charge >= 0.3 is 12.0 Å². The zero-order valence-electron chi connectivity index (χ0n) is 11.7. The number of amides is 2. The van der Waals surface area contributed by atoms with Crippen LogP contribution in [0.5, 0.6) is 0 Å². The number of carbonyl (C=O) groups is 2. The van der Waals surface area contributed by atoms with E-state index in [-0.39, 0.29) is 6.03 Å². The largest absolute Gasteiger partial charge is 0.480 e. The number of carboxylic acids is 1. The average molecular weight is 277 g/mol. The summed E-state index contributed by atoms with van der Waals surface area (Å²) in [4.78, 5) is 29.0. The molecule has 0 bridgehead atoms. The lowest BCUT2D eigenvalue weighted by Crippen LogP contribution is -2.53. The Bertz CT molecular complexity index is 515. The van der Waals surface area contributed by atoms with Crippen LogP contribution in [0, 0.1) is 6.92 Å². The summed E-state index contributed by atoms with van der Waals surface area (Å²) >= 11 is 0. The summed E-state index contributed by atoms with van der Waals surface area (Å²) in [6.45, 7) is 4.30. The highest BCUT2D eigenvalue weighted by molar-refractivity contribution is 5.86. The number of aliphatic carboxylic acids is 1. The van der Waals surface area contributed by atoms with Crippen molar-refractivity contribution in [1.29, 1.82) is 0 Å². The van der Waals surface area contributed by atoms with Crippen LogP contribution in [0.1, 0.15) is 31.0 Å². The zero-order valence-corrected chi connectivity index (χ0v) is 11.7. The third kappa shape index (κ3) is 2.74. The van der Waals surface area contributed by atoms with Gasteiger partial charge in [-0.2, -0.15) is 0 Å². The summed E-state index contributed by atoms with van der Waals surface area (Å²) in [7, 11) is 0. The number of nitrogens with zero attached hydrogens (tertiary/aromatic N) is 2. The van der Waals surface area contributed by atoms with Crippen LogP contribution in [-0.4, -0.2) is 39.1 Å². The van der Waals surface area contributed by atoms with Crippen molar-refractivity contribution >= 4 is 12.0 Å². The van der Waals surface area contributed by atoms with Gasteiger partial charge in [-0.3, -0.25) is 4.98 Å². The van der Waals surface area contributed by atoms with Crippen LogP contribution in [0.15, 0.2) is 18.3 Å². The predicted molar refractivity (Wildman–Crippen MR) is 73.2 cm³/mol. The topological polar surface area (TPSA) is 82.5 Å². The molecule has 0 radical (unpaired) electrons. The maximum atomic E-state index is 12.1. The summed E-state index contributed by atoms with van der Waals surface area (Å²) in [5.74, 6) is -0.956. The first-order valence-corrected chi connectivity index (χ1v) is 6.64.